The Morgan fingerprint density at radius 2 is 1.79 bits per heavy atom. The number of aliphatic hydroxyl groups excluding tert-OH is 1. The van der Waals surface area contributed by atoms with Crippen LogP contribution in [0.5, 0.6) is 5.75 Å². The Bertz CT molecular complexity index is 863. The van der Waals surface area contributed by atoms with Crippen molar-refractivity contribution in [2.45, 2.75) is 90.3 Å². The average molecular weight is 401 g/mol. The third-order valence-electron chi connectivity index (χ3n) is 9.62. The molecule has 1 spiro atoms. The molecule has 4 aliphatic rings. The van der Waals surface area contributed by atoms with Crippen LogP contribution in [-0.2, 0) is 21.5 Å². The van der Waals surface area contributed by atoms with E-state index in [0.29, 0.717) is 5.92 Å². The largest absolute Gasteiger partial charge is 0.496 e. The van der Waals surface area contributed by atoms with E-state index in [1.165, 1.54) is 16.7 Å². The average Bonchev–Trinajstić information content (AvgIpc) is 3.00. The molecule has 0 amide bonds. The lowest BCUT2D eigenvalue weighted by Gasteiger charge is -2.61. The van der Waals surface area contributed by atoms with Gasteiger partial charge in [-0.3, -0.25) is 0 Å². The second kappa shape index (κ2) is 5.77. The van der Waals surface area contributed by atoms with Crippen molar-refractivity contribution in [1.29, 1.82) is 0 Å². The number of fused-ring (bicyclic) bond motifs is 1. The molecule has 160 valence electrons. The molecule has 0 aromatic heterocycles. The lowest BCUT2D eigenvalue weighted by Crippen LogP contribution is -2.65. The molecule has 2 saturated heterocycles. The lowest BCUT2D eigenvalue weighted by molar-refractivity contribution is -0.391. The van der Waals surface area contributed by atoms with E-state index in [0.717, 1.165) is 31.4 Å². The van der Waals surface area contributed by atoms with Gasteiger partial charge in [0.15, 0.2) is 5.79 Å². The Kier molecular flexibility index (Phi) is 3.95. The molecule has 7 atom stereocenters. The summed E-state index contributed by atoms with van der Waals surface area (Å²) in [7, 11) is 1.74. The topological polar surface area (TPSA) is 47.9 Å². The summed E-state index contributed by atoms with van der Waals surface area (Å²) in [4.78, 5) is 0. The Labute approximate surface area is 174 Å². The minimum absolute atomic E-state index is 0.0192. The number of hydrogen-bond donors (Lipinski definition) is 1. The Hall–Kier alpha value is -1.10. The first-order valence-electron chi connectivity index (χ1n) is 11.3. The van der Waals surface area contributed by atoms with Crippen molar-refractivity contribution in [3.8, 4) is 5.75 Å². The summed E-state index contributed by atoms with van der Waals surface area (Å²) >= 11 is 0. The summed E-state index contributed by atoms with van der Waals surface area (Å²) in [5.74, 6) is 0.659. The molecule has 2 aliphatic carbocycles. The summed E-state index contributed by atoms with van der Waals surface area (Å²) in [6.07, 6.45) is 3.65. The zero-order valence-corrected chi connectivity index (χ0v) is 19.0. The third-order valence-corrected chi connectivity index (χ3v) is 9.62. The molecule has 3 fully saturated rings. The van der Waals surface area contributed by atoms with Gasteiger partial charge in [-0.05, 0) is 75.1 Å². The summed E-state index contributed by atoms with van der Waals surface area (Å²) in [5.41, 5.74) is 3.13. The van der Waals surface area contributed by atoms with Crippen LogP contribution in [0.15, 0.2) is 12.1 Å². The Morgan fingerprint density at radius 3 is 2.41 bits per heavy atom. The van der Waals surface area contributed by atoms with Crippen LogP contribution in [0.4, 0.5) is 0 Å². The van der Waals surface area contributed by atoms with Gasteiger partial charge in [-0.25, -0.2) is 0 Å². The Balaban J connectivity index is 1.71. The molecule has 29 heavy (non-hydrogen) atoms. The first-order valence-corrected chi connectivity index (χ1v) is 11.3. The van der Waals surface area contributed by atoms with Gasteiger partial charge in [-0.2, -0.15) is 0 Å². The van der Waals surface area contributed by atoms with Crippen LogP contribution < -0.4 is 4.74 Å². The van der Waals surface area contributed by atoms with Crippen molar-refractivity contribution in [2.75, 3.05) is 7.11 Å². The van der Waals surface area contributed by atoms with Gasteiger partial charge in [-0.15, -0.1) is 0 Å². The van der Waals surface area contributed by atoms with Crippen LogP contribution in [0.25, 0.3) is 0 Å². The van der Waals surface area contributed by atoms with Crippen molar-refractivity contribution in [2.24, 2.45) is 23.2 Å². The third kappa shape index (κ3) is 2.11. The number of rotatable bonds is 1. The van der Waals surface area contributed by atoms with Crippen molar-refractivity contribution < 1.29 is 19.3 Å². The molecule has 1 aromatic carbocycles. The van der Waals surface area contributed by atoms with Crippen LogP contribution in [0.1, 0.15) is 70.6 Å². The van der Waals surface area contributed by atoms with Crippen molar-refractivity contribution >= 4 is 0 Å². The standard InChI is InChI=1S/C25H36O4/c1-14-17-10-12-23(6)18-11-13-24(23,19(17)8-9-20(14)27-7)29-25(15(18)2)21(26)16(3)22(4,5)28-25/h8-9,15-16,18,21,26H,10-13H2,1-7H3/t15-,16-,18?,21+,23+,24-,25-/m0/s1. The molecular weight excluding hydrogens is 364 g/mol. The zero-order valence-electron chi connectivity index (χ0n) is 19.0. The van der Waals surface area contributed by atoms with Crippen LogP contribution >= 0.6 is 0 Å². The van der Waals surface area contributed by atoms with Crippen molar-refractivity contribution in [1.82, 2.24) is 0 Å². The highest BCUT2D eigenvalue weighted by Crippen LogP contribution is 2.72. The summed E-state index contributed by atoms with van der Waals surface area (Å²) < 4.78 is 19.5. The SMILES string of the molecule is COc1ccc2c(c1C)CC[C@]1(C)C3CC[C@]21O[C@@]1(OC(C)(C)[C@@H](C)[C@H]1O)[C@H]3C. The fourth-order valence-electron chi connectivity index (χ4n) is 7.54. The molecule has 2 heterocycles. The normalized spacial score (nSPS) is 47.2. The maximum Gasteiger partial charge on any atom is 0.199 e. The minimum atomic E-state index is -0.938. The maximum atomic E-state index is 11.4. The van der Waals surface area contributed by atoms with Gasteiger partial charge in [0.25, 0.3) is 0 Å². The first kappa shape index (κ1) is 19.8. The predicted molar refractivity (Wildman–Crippen MR) is 112 cm³/mol. The first-order chi connectivity index (χ1) is 13.5. The fraction of sp³-hybridized carbons (Fsp3) is 0.760. The molecule has 1 N–H and O–H groups in total. The van der Waals surface area contributed by atoms with E-state index in [4.69, 9.17) is 14.2 Å². The number of methoxy groups -OCH3 is 1. The van der Waals surface area contributed by atoms with Crippen LogP contribution in [0.2, 0.25) is 0 Å². The number of aliphatic hydroxyl groups is 1. The molecule has 1 unspecified atom stereocenters. The van der Waals surface area contributed by atoms with Crippen LogP contribution in [-0.4, -0.2) is 29.7 Å². The number of hydrogen-bond acceptors (Lipinski definition) is 4. The highest BCUT2D eigenvalue weighted by Gasteiger charge is 2.75. The smallest absolute Gasteiger partial charge is 0.199 e. The quantitative estimate of drug-likeness (QED) is 0.740. The minimum Gasteiger partial charge on any atom is -0.496 e. The highest BCUT2D eigenvalue weighted by atomic mass is 16.7. The summed E-state index contributed by atoms with van der Waals surface area (Å²) in [6.45, 7) is 13.1. The Morgan fingerprint density at radius 1 is 1.07 bits per heavy atom. The van der Waals surface area contributed by atoms with E-state index in [-0.39, 0.29) is 17.3 Å². The van der Waals surface area contributed by atoms with Gasteiger partial charge in [0.2, 0.25) is 0 Å². The van der Waals surface area contributed by atoms with Crippen molar-refractivity contribution in [3.63, 3.8) is 0 Å². The molecule has 4 nitrogen and oxygen atoms in total. The number of benzene rings is 1. The highest BCUT2D eigenvalue weighted by molar-refractivity contribution is 5.50. The van der Waals surface area contributed by atoms with Crippen LogP contribution in [0, 0.1) is 30.1 Å². The predicted octanol–water partition coefficient (Wildman–Crippen LogP) is 4.73. The molecule has 1 aromatic rings. The monoisotopic (exact) mass is 400 g/mol. The molecular formula is C25H36O4. The van der Waals surface area contributed by atoms with Crippen molar-refractivity contribution in [3.05, 3.63) is 28.8 Å². The second-order valence-corrected chi connectivity index (χ2v) is 10.9. The maximum absolute atomic E-state index is 11.4. The van der Waals surface area contributed by atoms with E-state index in [9.17, 15) is 5.11 Å². The molecule has 0 radical (unpaired) electrons. The van der Waals surface area contributed by atoms with Gasteiger partial charge in [0.1, 0.15) is 17.5 Å². The number of ether oxygens (including phenoxy) is 3. The van der Waals surface area contributed by atoms with E-state index in [1.807, 2.05) is 0 Å². The molecule has 4 heteroatoms. The fourth-order valence-corrected chi connectivity index (χ4v) is 7.54. The van der Waals surface area contributed by atoms with E-state index in [1.54, 1.807) is 7.11 Å². The van der Waals surface area contributed by atoms with Crippen LogP contribution in [0.3, 0.4) is 0 Å². The molecule has 5 rings (SSSR count). The summed E-state index contributed by atoms with van der Waals surface area (Å²) in [6, 6.07) is 4.31. The van der Waals surface area contributed by atoms with Gasteiger partial charge in [-0.1, -0.05) is 26.8 Å². The summed E-state index contributed by atoms with van der Waals surface area (Å²) in [5, 5.41) is 11.4. The van der Waals surface area contributed by atoms with E-state index >= 15 is 0 Å². The van der Waals surface area contributed by atoms with Gasteiger partial charge >= 0.3 is 0 Å². The van der Waals surface area contributed by atoms with Gasteiger partial charge in [0.05, 0.1) is 12.7 Å². The second-order valence-electron chi connectivity index (χ2n) is 10.9. The molecule has 2 aliphatic heterocycles. The van der Waals surface area contributed by atoms with E-state index < -0.39 is 23.1 Å². The van der Waals surface area contributed by atoms with Gasteiger partial charge in [0, 0.05) is 17.3 Å². The zero-order chi connectivity index (χ0) is 21.0. The molecule has 2 bridgehead atoms. The molecule has 1 saturated carbocycles. The van der Waals surface area contributed by atoms with Gasteiger partial charge < -0.3 is 19.3 Å². The van der Waals surface area contributed by atoms with E-state index in [2.05, 4.69) is 53.7 Å². The lowest BCUT2D eigenvalue weighted by atomic mass is 9.55.